The molecule has 1 aromatic rings. The van der Waals surface area contributed by atoms with Crippen molar-refractivity contribution < 1.29 is 15.0 Å². The van der Waals surface area contributed by atoms with Crippen LogP contribution in [0.25, 0.3) is 0 Å². The summed E-state index contributed by atoms with van der Waals surface area (Å²) in [5, 5.41) is 27.2. The number of amides is 1. The van der Waals surface area contributed by atoms with Crippen LogP contribution in [0.3, 0.4) is 0 Å². The van der Waals surface area contributed by atoms with Gasteiger partial charge in [0.2, 0.25) is 5.91 Å². The molecular formula is C17H29N3O3. The Bertz CT molecular complexity index is 543. The monoisotopic (exact) mass is 323 g/mol. The van der Waals surface area contributed by atoms with E-state index in [-0.39, 0.29) is 12.5 Å². The molecule has 0 bridgehead atoms. The summed E-state index contributed by atoms with van der Waals surface area (Å²) in [7, 11) is 0. The zero-order valence-corrected chi connectivity index (χ0v) is 14.4. The minimum atomic E-state index is -0.568. The van der Waals surface area contributed by atoms with Gasteiger partial charge < -0.3 is 15.1 Å². The van der Waals surface area contributed by atoms with E-state index in [4.69, 9.17) is 0 Å². The minimum Gasteiger partial charge on any atom is -0.396 e. The van der Waals surface area contributed by atoms with Crippen molar-refractivity contribution in [2.75, 3.05) is 19.7 Å². The first-order valence-corrected chi connectivity index (χ1v) is 8.50. The van der Waals surface area contributed by atoms with Gasteiger partial charge in [-0.25, -0.2) is 0 Å². The Hall–Kier alpha value is -1.40. The van der Waals surface area contributed by atoms with Crippen LogP contribution in [0, 0.1) is 19.3 Å². The quantitative estimate of drug-likeness (QED) is 0.737. The van der Waals surface area contributed by atoms with E-state index in [2.05, 4.69) is 10.2 Å². The highest BCUT2D eigenvalue weighted by Crippen LogP contribution is 2.35. The lowest BCUT2D eigenvalue weighted by atomic mass is 9.74. The number of hydrogen-bond donors (Lipinski definition) is 3. The van der Waals surface area contributed by atoms with Crippen LogP contribution in [-0.4, -0.2) is 57.0 Å². The number of H-pyrrole nitrogens is 1. The number of aryl methyl sites for hydroxylation is 2. The highest BCUT2D eigenvalue weighted by atomic mass is 16.3. The molecule has 0 aliphatic carbocycles. The van der Waals surface area contributed by atoms with Crippen LogP contribution >= 0.6 is 0 Å². The summed E-state index contributed by atoms with van der Waals surface area (Å²) in [5.41, 5.74) is 2.52. The lowest BCUT2D eigenvalue weighted by Gasteiger charge is -2.45. The standard InChI is InChI=1S/C17H29N3O3/c1-4-8-17(11-21)10-20(9-7-15(17)22)16(23)6-5-14-12(2)13(3)18-19-14/h15,21-22H,4-11H2,1-3H3,(H,18,19)/t15-,17+/m1/s1. The topological polar surface area (TPSA) is 89.5 Å². The van der Waals surface area contributed by atoms with E-state index in [1.54, 1.807) is 4.90 Å². The van der Waals surface area contributed by atoms with E-state index >= 15 is 0 Å². The van der Waals surface area contributed by atoms with Gasteiger partial charge in [-0.1, -0.05) is 13.3 Å². The number of carbonyl (C=O) groups excluding carboxylic acids is 1. The van der Waals surface area contributed by atoms with E-state index in [0.717, 1.165) is 29.8 Å². The van der Waals surface area contributed by atoms with E-state index in [1.165, 1.54) is 0 Å². The molecule has 130 valence electrons. The molecule has 1 aliphatic rings. The Kier molecular flexibility index (Phi) is 5.81. The number of aromatic amines is 1. The fourth-order valence-electron chi connectivity index (χ4n) is 3.50. The van der Waals surface area contributed by atoms with Gasteiger partial charge in [-0.15, -0.1) is 0 Å². The molecule has 6 heteroatoms. The van der Waals surface area contributed by atoms with Crippen LogP contribution in [0.4, 0.5) is 0 Å². The second-order valence-electron chi connectivity index (χ2n) is 6.81. The molecule has 0 unspecified atom stereocenters. The second-order valence-corrected chi connectivity index (χ2v) is 6.81. The van der Waals surface area contributed by atoms with Gasteiger partial charge in [-0.05, 0) is 32.3 Å². The number of hydrogen-bond acceptors (Lipinski definition) is 4. The number of nitrogens with one attached hydrogen (secondary N) is 1. The Labute approximate surface area is 137 Å². The van der Waals surface area contributed by atoms with Crippen molar-refractivity contribution in [1.82, 2.24) is 15.1 Å². The predicted molar refractivity (Wildman–Crippen MR) is 88.0 cm³/mol. The molecule has 1 fully saturated rings. The second kappa shape index (κ2) is 7.45. The molecule has 1 amide bonds. The van der Waals surface area contributed by atoms with Crippen LogP contribution in [-0.2, 0) is 11.2 Å². The maximum atomic E-state index is 12.5. The number of likely N-dealkylation sites (tertiary alicyclic amines) is 1. The molecular weight excluding hydrogens is 294 g/mol. The van der Waals surface area contributed by atoms with Crippen molar-refractivity contribution in [3.05, 3.63) is 17.0 Å². The third kappa shape index (κ3) is 3.75. The molecule has 0 spiro atoms. The number of aliphatic hydroxyl groups is 2. The number of rotatable bonds is 6. The van der Waals surface area contributed by atoms with E-state index in [0.29, 0.717) is 32.4 Å². The molecule has 2 rings (SSSR count). The van der Waals surface area contributed by atoms with Gasteiger partial charge in [0.1, 0.15) is 0 Å². The Balaban J connectivity index is 1.98. The highest BCUT2D eigenvalue weighted by molar-refractivity contribution is 5.76. The summed E-state index contributed by atoms with van der Waals surface area (Å²) in [6, 6.07) is 0. The third-order valence-corrected chi connectivity index (χ3v) is 5.23. The van der Waals surface area contributed by atoms with E-state index < -0.39 is 11.5 Å². The van der Waals surface area contributed by atoms with Crippen molar-refractivity contribution in [1.29, 1.82) is 0 Å². The summed E-state index contributed by atoms with van der Waals surface area (Å²) >= 11 is 0. The lowest BCUT2D eigenvalue weighted by Crippen LogP contribution is -2.55. The number of aliphatic hydroxyl groups excluding tert-OH is 2. The van der Waals surface area contributed by atoms with Crippen LogP contribution in [0.5, 0.6) is 0 Å². The van der Waals surface area contributed by atoms with Crippen molar-refractivity contribution in [2.24, 2.45) is 5.41 Å². The number of nitrogens with zero attached hydrogens (tertiary/aromatic N) is 2. The molecule has 23 heavy (non-hydrogen) atoms. The summed E-state index contributed by atoms with van der Waals surface area (Å²) in [6.45, 7) is 6.94. The van der Waals surface area contributed by atoms with Gasteiger partial charge in [0.25, 0.3) is 0 Å². The van der Waals surface area contributed by atoms with Crippen LogP contribution in [0.15, 0.2) is 0 Å². The van der Waals surface area contributed by atoms with E-state index in [1.807, 2.05) is 20.8 Å². The maximum absolute atomic E-state index is 12.5. The Morgan fingerprint density at radius 1 is 1.48 bits per heavy atom. The molecule has 0 radical (unpaired) electrons. The Morgan fingerprint density at radius 2 is 2.22 bits per heavy atom. The molecule has 3 N–H and O–H groups in total. The summed E-state index contributed by atoms with van der Waals surface area (Å²) in [5.74, 6) is 0.0749. The fraction of sp³-hybridized carbons (Fsp3) is 0.765. The van der Waals surface area contributed by atoms with Crippen molar-refractivity contribution in [3.8, 4) is 0 Å². The largest absolute Gasteiger partial charge is 0.396 e. The number of piperidine rings is 1. The smallest absolute Gasteiger partial charge is 0.222 e. The molecule has 1 aromatic heterocycles. The first-order chi connectivity index (χ1) is 10.9. The normalized spacial score (nSPS) is 24.9. The van der Waals surface area contributed by atoms with Crippen molar-refractivity contribution in [3.63, 3.8) is 0 Å². The first-order valence-electron chi connectivity index (χ1n) is 8.50. The number of aromatic nitrogens is 2. The van der Waals surface area contributed by atoms with Crippen LogP contribution < -0.4 is 0 Å². The average molecular weight is 323 g/mol. The summed E-state index contributed by atoms with van der Waals surface area (Å²) in [4.78, 5) is 14.3. The Morgan fingerprint density at radius 3 is 2.78 bits per heavy atom. The van der Waals surface area contributed by atoms with Gasteiger partial charge >= 0.3 is 0 Å². The molecule has 1 saturated heterocycles. The van der Waals surface area contributed by atoms with Crippen LogP contribution in [0.1, 0.15) is 49.6 Å². The average Bonchev–Trinajstić information content (AvgIpc) is 2.86. The number of carbonyl (C=O) groups is 1. The summed E-state index contributed by atoms with van der Waals surface area (Å²) < 4.78 is 0. The lowest BCUT2D eigenvalue weighted by molar-refractivity contribution is -0.142. The SMILES string of the molecule is CCC[C@@]1(CO)CN(C(=O)CCc2n[nH]c(C)c2C)CC[C@H]1O. The predicted octanol–water partition coefficient (Wildman–Crippen LogP) is 1.33. The molecule has 0 aromatic carbocycles. The summed E-state index contributed by atoms with van der Waals surface area (Å²) in [6.07, 6.45) is 2.64. The van der Waals surface area contributed by atoms with Gasteiger partial charge in [0, 0.05) is 37.0 Å². The van der Waals surface area contributed by atoms with E-state index in [9.17, 15) is 15.0 Å². The van der Waals surface area contributed by atoms with Gasteiger partial charge in [0.05, 0.1) is 18.4 Å². The zero-order chi connectivity index (χ0) is 17.0. The molecule has 2 atom stereocenters. The highest BCUT2D eigenvalue weighted by Gasteiger charge is 2.42. The van der Waals surface area contributed by atoms with Gasteiger partial charge in [-0.3, -0.25) is 9.89 Å². The molecule has 0 saturated carbocycles. The molecule has 6 nitrogen and oxygen atoms in total. The maximum Gasteiger partial charge on any atom is 0.222 e. The van der Waals surface area contributed by atoms with Gasteiger partial charge in [0.15, 0.2) is 0 Å². The van der Waals surface area contributed by atoms with Gasteiger partial charge in [-0.2, -0.15) is 5.10 Å². The molecule has 2 heterocycles. The third-order valence-electron chi connectivity index (χ3n) is 5.23. The zero-order valence-electron chi connectivity index (χ0n) is 14.4. The van der Waals surface area contributed by atoms with Crippen molar-refractivity contribution in [2.45, 2.75) is 59.0 Å². The fourth-order valence-corrected chi connectivity index (χ4v) is 3.50. The first kappa shape index (κ1) is 17.9. The minimum absolute atomic E-state index is 0.0749. The van der Waals surface area contributed by atoms with Crippen molar-refractivity contribution >= 4 is 5.91 Å². The van der Waals surface area contributed by atoms with Crippen LogP contribution in [0.2, 0.25) is 0 Å². The molecule has 1 aliphatic heterocycles.